The van der Waals surface area contributed by atoms with Crippen LogP contribution >= 0.6 is 11.8 Å². The third-order valence-electron chi connectivity index (χ3n) is 5.17. The minimum absolute atomic E-state index is 0.00504. The van der Waals surface area contributed by atoms with Gasteiger partial charge in [-0.1, -0.05) is 27.2 Å². The monoisotopic (exact) mass is 312 g/mol. The van der Waals surface area contributed by atoms with Crippen LogP contribution in [0, 0.1) is 0 Å². The van der Waals surface area contributed by atoms with Gasteiger partial charge >= 0.3 is 0 Å². The molecule has 2 aliphatic rings. The Kier molecular flexibility index (Phi) is 5.23. The fourth-order valence-corrected chi connectivity index (χ4v) is 4.99. The van der Waals surface area contributed by atoms with Gasteiger partial charge in [0, 0.05) is 11.3 Å². The van der Waals surface area contributed by atoms with Gasteiger partial charge in [-0.05, 0) is 38.4 Å². The maximum absolute atomic E-state index is 13.1. The average Bonchev–Trinajstić information content (AvgIpc) is 2.92. The molecule has 21 heavy (non-hydrogen) atoms. The van der Waals surface area contributed by atoms with Crippen molar-refractivity contribution in [3.05, 3.63) is 0 Å². The van der Waals surface area contributed by atoms with Gasteiger partial charge in [-0.25, -0.2) is 0 Å². The number of nitrogens with zero attached hydrogens (tertiary/aromatic N) is 1. The second-order valence-electron chi connectivity index (χ2n) is 6.16. The number of carbonyl (C=O) groups is 2. The van der Waals surface area contributed by atoms with E-state index in [0.717, 1.165) is 25.0 Å². The van der Waals surface area contributed by atoms with Crippen molar-refractivity contribution in [1.29, 1.82) is 0 Å². The Morgan fingerprint density at radius 1 is 1.24 bits per heavy atom. The van der Waals surface area contributed by atoms with E-state index in [-0.39, 0.29) is 23.9 Å². The van der Waals surface area contributed by atoms with E-state index in [1.807, 2.05) is 37.4 Å². The summed E-state index contributed by atoms with van der Waals surface area (Å²) in [6.07, 6.45) is 4.67. The van der Waals surface area contributed by atoms with Crippen molar-refractivity contribution in [3.63, 3.8) is 0 Å². The molecule has 0 spiro atoms. The van der Waals surface area contributed by atoms with Crippen LogP contribution in [0.5, 0.6) is 0 Å². The van der Waals surface area contributed by atoms with Crippen molar-refractivity contribution in [2.75, 3.05) is 5.75 Å². The Balaban J connectivity index is 2.30. The van der Waals surface area contributed by atoms with E-state index in [0.29, 0.717) is 18.1 Å². The maximum Gasteiger partial charge on any atom is 0.249 e. The molecule has 1 saturated heterocycles. The molecule has 120 valence electrons. The Morgan fingerprint density at radius 3 is 2.48 bits per heavy atom. The minimum Gasteiger partial charge on any atom is -0.340 e. The Bertz CT molecular complexity index is 409. The topological polar surface area (TPSA) is 49.4 Å². The van der Waals surface area contributed by atoms with Crippen molar-refractivity contribution in [2.24, 2.45) is 0 Å². The fraction of sp³-hybridized carbons (Fsp3) is 0.875. The standard InChI is InChI=1S/C16H28N2O2S/c1-5-16(6-2)15(20)18(11(4)14(19)17-16)12-9-8-10-13(12)21-7-3/h11-13H,5-10H2,1-4H3,(H,17,19). The van der Waals surface area contributed by atoms with Crippen LogP contribution < -0.4 is 5.32 Å². The molecular formula is C16H28N2O2S. The molecule has 2 amide bonds. The number of piperazine rings is 1. The maximum atomic E-state index is 13.1. The first kappa shape index (κ1) is 16.7. The number of hydrogen-bond donors (Lipinski definition) is 1. The summed E-state index contributed by atoms with van der Waals surface area (Å²) in [4.78, 5) is 27.4. The number of thioether (sulfide) groups is 1. The second-order valence-corrected chi connectivity index (χ2v) is 7.68. The predicted octanol–water partition coefficient (Wildman–Crippen LogP) is 2.57. The molecule has 1 aliphatic heterocycles. The number of rotatable bonds is 5. The SMILES string of the molecule is CCSC1CCCC1N1C(=O)C(CC)(CC)NC(=O)C1C. The van der Waals surface area contributed by atoms with Gasteiger partial charge in [-0.3, -0.25) is 9.59 Å². The highest BCUT2D eigenvalue weighted by atomic mass is 32.2. The molecule has 2 fully saturated rings. The summed E-state index contributed by atoms with van der Waals surface area (Å²) in [6.45, 7) is 8.01. The highest BCUT2D eigenvalue weighted by molar-refractivity contribution is 7.99. The predicted molar refractivity (Wildman–Crippen MR) is 87.3 cm³/mol. The van der Waals surface area contributed by atoms with Gasteiger partial charge in [0.05, 0.1) is 0 Å². The largest absolute Gasteiger partial charge is 0.340 e. The number of amides is 2. The average molecular weight is 312 g/mol. The summed E-state index contributed by atoms with van der Waals surface area (Å²) in [5, 5.41) is 3.48. The summed E-state index contributed by atoms with van der Waals surface area (Å²) in [5.74, 6) is 1.20. The molecule has 5 heteroatoms. The fourth-order valence-electron chi connectivity index (χ4n) is 3.74. The summed E-state index contributed by atoms with van der Waals surface area (Å²) in [6, 6.07) is -0.118. The normalized spacial score (nSPS) is 32.4. The number of nitrogens with one attached hydrogen (secondary N) is 1. The van der Waals surface area contributed by atoms with Gasteiger partial charge < -0.3 is 10.2 Å². The molecule has 0 aromatic rings. The van der Waals surface area contributed by atoms with E-state index in [1.165, 1.54) is 0 Å². The van der Waals surface area contributed by atoms with Gasteiger partial charge in [-0.2, -0.15) is 11.8 Å². The lowest BCUT2D eigenvalue weighted by Gasteiger charge is -2.48. The molecule has 2 rings (SSSR count). The second kappa shape index (κ2) is 6.59. The molecular weight excluding hydrogens is 284 g/mol. The smallest absolute Gasteiger partial charge is 0.249 e. The van der Waals surface area contributed by atoms with Crippen molar-refractivity contribution >= 4 is 23.6 Å². The zero-order valence-corrected chi connectivity index (χ0v) is 14.5. The molecule has 1 N–H and O–H groups in total. The Morgan fingerprint density at radius 2 is 1.90 bits per heavy atom. The summed E-state index contributed by atoms with van der Waals surface area (Å²) in [5.41, 5.74) is -0.687. The Hall–Kier alpha value is -0.710. The van der Waals surface area contributed by atoms with Gasteiger partial charge in [0.15, 0.2) is 0 Å². The van der Waals surface area contributed by atoms with E-state index in [1.54, 1.807) is 0 Å². The van der Waals surface area contributed by atoms with Crippen molar-refractivity contribution in [2.45, 2.75) is 82.7 Å². The summed E-state index contributed by atoms with van der Waals surface area (Å²) in [7, 11) is 0. The Labute approximate surface area is 132 Å². The van der Waals surface area contributed by atoms with Gasteiger partial charge in [0.2, 0.25) is 11.8 Å². The number of hydrogen-bond acceptors (Lipinski definition) is 3. The van der Waals surface area contributed by atoms with Gasteiger partial charge in [-0.15, -0.1) is 0 Å². The van der Waals surface area contributed by atoms with E-state index in [4.69, 9.17) is 0 Å². The van der Waals surface area contributed by atoms with E-state index >= 15 is 0 Å². The van der Waals surface area contributed by atoms with Crippen LogP contribution in [-0.4, -0.2) is 45.3 Å². The molecule has 0 radical (unpaired) electrons. The van der Waals surface area contributed by atoms with Crippen LogP contribution in [0.15, 0.2) is 0 Å². The zero-order chi connectivity index (χ0) is 15.6. The lowest BCUT2D eigenvalue weighted by atomic mass is 9.86. The molecule has 1 heterocycles. The molecule has 0 bridgehead atoms. The van der Waals surface area contributed by atoms with Gasteiger partial charge in [0.1, 0.15) is 11.6 Å². The zero-order valence-electron chi connectivity index (χ0n) is 13.6. The van der Waals surface area contributed by atoms with Crippen LogP contribution in [0.4, 0.5) is 0 Å². The van der Waals surface area contributed by atoms with Crippen LogP contribution in [-0.2, 0) is 9.59 Å². The van der Waals surface area contributed by atoms with Crippen molar-refractivity contribution < 1.29 is 9.59 Å². The lowest BCUT2D eigenvalue weighted by Crippen LogP contribution is -2.71. The highest BCUT2D eigenvalue weighted by Gasteiger charge is 2.51. The van der Waals surface area contributed by atoms with E-state index < -0.39 is 5.54 Å². The molecule has 3 atom stereocenters. The van der Waals surface area contributed by atoms with Crippen LogP contribution in [0.1, 0.15) is 59.8 Å². The third-order valence-corrected chi connectivity index (χ3v) is 6.48. The molecule has 4 nitrogen and oxygen atoms in total. The highest BCUT2D eigenvalue weighted by Crippen LogP contribution is 2.37. The first-order valence-corrected chi connectivity index (χ1v) is 9.32. The molecule has 0 aromatic carbocycles. The lowest BCUT2D eigenvalue weighted by molar-refractivity contribution is -0.157. The molecule has 1 saturated carbocycles. The first-order valence-electron chi connectivity index (χ1n) is 8.27. The van der Waals surface area contributed by atoms with E-state index in [2.05, 4.69) is 12.2 Å². The van der Waals surface area contributed by atoms with Gasteiger partial charge in [0.25, 0.3) is 0 Å². The minimum atomic E-state index is -0.687. The van der Waals surface area contributed by atoms with E-state index in [9.17, 15) is 9.59 Å². The third kappa shape index (κ3) is 2.81. The van der Waals surface area contributed by atoms with Crippen LogP contribution in [0.2, 0.25) is 0 Å². The first-order chi connectivity index (χ1) is 10.0. The summed E-state index contributed by atoms with van der Waals surface area (Å²) >= 11 is 1.94. The molecule has 1 aliphatic carbocycles. The molecule has 3 unspecified atom stereocenters. The quantitative estimate of drug-likeness (QED) is 0.849. The van der Waals surface area contributed by atoms with Crippen LogP contribution in [0.3, 0.4) is 0 Å². The number of carbonyl (C=O) groups excluding carboxylic acids is 2. The summed E-state index contributed by atoms with van der Waals surface area (Å²) < 4.78 is 0. The van der Waals surface area contributed by atoms with Crippen LogP contribution in [0.25, 0.3) is 0 Å². The van der Waals surface area contributed by atoms with Crippen molar-refractivity contribution in [1.82, 2.24) is 10.2 Å². The van der Waals surface area contributed by atoms with Crippen molar-refractivity contribution in [3.8, 4) is 0 Å². The molecule has 0 aromatic heterocycles.